The average molecular weight is 181 g/mol. The third kappa shape index (κ3) is 7.84. The molecule has 1 nitrogen and oxygen atoms in total. The number of nitriles is 1. The molecule has 0 amide bonds. The largest absolute Gasteiger partial charge is 0.198 e. The Bertz CT molecular complexity index is 178. The SMILES string of the molecule is CC(C)(C)CC(C)(C)CCCC#N. The summed E-state index contributed by atoms with van der Waals surface area (Å²) in [6.07, 6.45) is 4.14. The fourth-order valence-corrected chi connectivity index (χ4v) is 2.17. The maximum absolute atomic E-state index is 8.45. The first-order valence-corrected chi connectivity index (χ1v) is 5.14. The molecule has 0 aliphatic heterocycles. The zero-order valence-corrected chi connectivity index (χ0v) is 9.78. The first kappa shape index (κ1) is 12.5. The van der Waals surface area contributed by atoms with Crippen LogP contribution in [0.2, 0.25) is 0 Å². The van der Waals surface area contributed by atoms with Crippen LogP contribution in [0.5, 0.6) is 0 Å². The highest BCUT2D eigenvalue weighted by Gasteiger charge is 2.24. The molecule has 0 unspecified atom stereocenters. The first-order chi connectivity index (χ1) is 5.77. The van der Waals surface area contributed by atoms with Crippen LogP contribution < -0.4 is 0 Å². The van der Waals surface area contributed by atoms with Crippen LogP contribution in [0.4, 0.5) is 0 Å². The highest BCUT2D eigenvalue weighted by molar-refractivity contribution is 4.78. The van der Waals surface area contributed by atoms with E-state index in [2.05, 4.69) is 40.7 Å². The summed E-state index contributed by atoms with van der Waals surface area (Å²) in [7, 11) is 0. The quantitative estimate of drug-likeness (QED) is 0.598. The summed E-state index contributed by atoms with van der Waals surface area (Å²) < 4.78 is 0. The van der Waals surface area contributed by atoms with Crippen LogP contribution in [0.1, 0.15) is 60.3 Å². The average Bonchev–Trinajstić information content (AvgIpc) is 1.81. The number of rotatable bonds is 4. The summed E-state index contributed by atoms with van der Waals surface area (Å²) in [5.74, 6) is 0. The fourth-order valence-electron chi connectivity index (χ4n) is 2.17. The lowest BCUT2D eigenvalue weighted by atomic mass is 9.74. The zero-order valence-electron chi connectivity index (χ0n) is 9.78. The van der Waals surface area contributed by atoms with Crippen molar-refractivity contribution in [3.8, 4) is 6.07 Å². The van der Waals surface area contributed by atoms with E-state index in [4.69, 9.17) is 5.26 Å². The van der Waals surface area contributed by atoms with Gasteiger partial charge in [0.15, 0.2) is 0 Å². The van der Waals surface area contributed by atoms with Gasteiger partial charge in [0.1, 0.15) is 0 Å². The minimum Gasteiger partial charge on any atom is -0.198 e. The van der Waals surface area contributed by atoms with E-state index in [9.17, 15) is 0 Å². The van der Waals surface area contributed by atoms with Gasteiger partial charge in [0.25, 0.3) is 0 Å². The lowest BCUT2D eigenvalue weighted by molar-refractivity contribution is 0.196. The van der Waals surface area contributed by atoms with Crippen molar-refractivity contribution in [3.05, 3.63) is 0 Å². The Morgan fingerprint density at radius 1 is 1.08 bits per heavy atom. The molecule has 0 spiro atoms. The Labute approximate surface area is 83.1 Å². The van der Waals surface area contributed by atoms with Crippen LogP contribution in [-0.4, -0.2) is 0 Å². The van der Waals surface area contributed by atoms with E-state index >= 15 is 0 Å². The number of nitrogens with zero attached hydrogens (tertiary/aromatic N) is 1. The van der Waals surface area contributed by atoms with Gasteiger partial charge >= 0.3 is 0 Å². The summed E-state index contributed by atoms with van der Waals surface area (Å²) >= 11 is 0. The third-order valence-electron chi connectivity index (χ3n) is 2.15. The molecule has 0 atom stereocenters. The maximum Gasteiger partial charge on any atom is 0.0621 e. The van der Waals surface area contributed by atoms with E-state index in [1.165, 1.54) is 6.42 Å². The number of unbranched alkanes of at least 4 members (excludes halogenated alkanes) is 1. The minimum absolute atomic E-state index is 0.384. The predicted octanol–water partition coefficient (Wildman–Crippen LogP) is 4.14. The van der Waals surface area contributed by atoms with E-state index < -0.39 is 0 Å². The van der Waals surface area contributed by atoms with Gasteiger partial charge in [0, 0.05) is 6.42 Å². The van der Waals surface area contributed by atoms with Gasteiger partial charge in [0.05, 0.1) is 6.07 Å². The molecular formula is C12H23N. The van der Waals surface area contributed by atoms with Gasteiger partial charge in [-0.1, -0.05) is 34.6 Å². The van der Waals surface area contributed by atoms with Crippen molar-refractivity contribution in [2.45, 2.75) is 60.3 Å². The Hall–Kier alpha value is -0.510. The molecule has 0 radical (unpaired) electrons. The van der Waals surface area contributed by atoms with E-state index in [1.54, 1.807) is 0 Å². The molecule has 0 aromatic heterocycles. The van der Waals surface area contributed by atoms with Crippen molar-refractivity contribution >= 4 is 0 Å². The Kier molecular flexibility index (Phi) is 4.47. The van der Waals surface area contributed by atoms with Crippen LogP contribution in [0.3, 0.4) is 0 Å². The second-order valence-corrected chi connectivity index (χ2v) is 5.91. The van der Waals surface area contributed by atoms with Crippen molar-refractivity contribution in [1.82, 2.24) is 0 Å². The maximum atomic E-state index is 8.45. The lowest BCUT2D eigenvalue weighted by Crippen LogP contribution is -2.20. The molecule has 0 aromatic carbocycles. The van der Waals surface area contributed by atoms with Gasteiger partial charge in [-0.2, -0.15) is 5.26 Å². The Morgan fingerprint density at radius 2 is 1.62 bits per heavy atom. The van der Waals surface area contributed by atoms with Crippen LogP contribution in [0.15, 0.2) is 0 Å². The van der Waals surface area contributed by atoms with Crippen molar-refractivity contribution in [1.29, 1.82) is 5.26 Å². The molecule has 0 aliphatic rings. The molecule has 0 aromatic rings. The van der Waals surface area contributed by atoms with Crippen molar-refractivity contribution in [2.75, 3.05) is 0 Å². The first-order valence-electron chi connectivity index (χ1n) is 5.14. The molecule has 0 bridgehead atoms. The standard InChI is InChI=1S/C12H23N/c1-11(2,3)10-12(4,5)8-6-7-9-13/h6-8,10H2,1-5H3. The van der Waals surface area contributed by atoms with Crippen molar-refractivity contribution in [3.63, 3.8) is 0 Å². The summed E-state index contributed by atoms with van der Waals surface area (Å²) in [6, 6.07) is 2.20. The van der Waals surface area contributed by atoms with E-state index in [0.29, 0.717) is 17.3 Å². The van der Waals surface area contributed by atoms with Gasteiger partial charge in [-0.3, -0.25) is 0 Å². The van der Waals surface area contributed by atoms with Crippen LogP contribution >= 0.6 is 0 Å². The lowest BCUT2D eigenvalue weighted by Gasteiger charge is -2.32. The minimum atomic E-state index is 0.384. The molecule has 13 heavy (non-hydrogen) atoms. The predicted molar refractivity (Wildman–Crippen MR) is 57.3 cm³/mol. The molecule has 1 heteroatoms. The van der Waals surface area contributed by atoms with E-state index in [0.717, 1.165) is 12.8 Å². The van der Waals surface area contributed by atoms with Crippen molar-refractivity contribution in [2.24, 2.45) is 10.8 Å². The zero-order chi connectivity index (χ0) is 10.5. The molecule has 76 valence electrons. The summed E-state index contributed by atoms with van der Waals surface area (Å²) in [5.41, 5.74) is 0.783. The van der Waals surface area contributed by atoms with Gasteiger partial charge in [-0.05, 0) is 30.1 Å². The highest BCUT2D eigenvalue weighted by Crippen LogP contribution is 2.36. The van der Waals surface area contributed by atoms with Crippen LogP contribution in [0.25, 0.3) is 0 Å². The Morgan fingerprint density at radius 3 is 2.00 bits per heavy atom. The van der Waals surface area contributed by atoms with E-state index in [1.807, 2.05) is 0 Å². The van der Waals surface area contributed by atoms with Crippen LogP contribution in [0, 0.1) is 22.2 Å². The normalized spacial score (nSPS) is 12.6. The second kappa shape index (κ2) is 4.65. The van der Waals surface area contributed by atoms with Gasteiger partial charge in [-0.25, -0.2) is 0 Å². The summed E-state index contributed by atoms with van der Waals surface area (Å²) in [5, 5.41) is 8.45. The molecule has 0 aliphatic carbocycles. The second-order valence-electron chi connectivity index (χ2n) is 5.91. The van der Waals surface area contributed by atoms with E-state index in [-0.39, 0.29) is 0 Å². The monoisotopic (exact) mass is 181 g/mol. The highest BCUT2D eigenvalue weighted by atomic mass is 14.3. The molecule has 0 saturated carbocycles. The van der Waals surface area contributed by atoms with Gasteiger partial charge in [-0.15, -0.1) is 0 Å². The van der Waals surface area contributed by atoms with Gasteiger partial charge in [0.2, 0.25) is 0 Å². The number of hydrogen-bond donors (Lipinski definition) is 0. The topological polar surface area (TPSA) is 23.8 Å². The van der Waals surface area contributed by atoms with Gasteiger partial charge < -0.3 is 0 Å². The molecule has 0 N–H and O–H groups in total. The molecular weight excluding hydrogens is 158 g/mol. The summed E-state index contributed by atoms with van der Waals surface area (Å²) in [4.78, 5) is 0. The van der Waals surface area contributed by atoms with Crippen molar-refractivity contribution < 1.29 is 0 Å². The molecule has 0 rings (SSSR count). The molecule has 0 saturated heterocycles. The third-order valence-corrected chi connectivity index (χ3v) is 2.15. The number of hydrogen-bond acceptors (Lipinski definition) is 1. The van der Waals surface area contributed by atoms with Crippen LogP contribution in [-0.2, 0) is 0 Å². The molecule has 0 fully saturated rings. The summed E-state index contributed by atoms with van der Waals surface area (Å²) in [6.45, 7) is 11.4. The fraction of sp³-hybridized carbons (Fsp3) is 0.917. The molecule has 0 heterocycles. The Balaban J connectivity index is 3.88. The smallest absolute Gasteiger partial charge is 0.0621 e.